The van der Waals surface area contributed by atoms with Gasteiger partial charge in [0, 0.05) is 25.3 Å². The molecule has 1 fully saturated rings. The maximum absolute atomic E-state index is 12.6. The summed E-state index contributed by atoms with van der Waals surface area (Å²) in [6.45, 7) is 6.78. The molecule has 1 aliphatic rings. The molecule has 7 heteroatoms. The second kappa shape index (κ2) is 8.20. The van der Waals surface area contributed by atoms with E-state index in [-0.39, 0.29) is 34.6 Å². The fourth-order valence-electron chi connectivity index (χ4n) is 3.17. The van der Waals surface area contributed by atoms with Crippen molar-refractivity contribution in [2.45, 2.75) is 44.6 Å². The van der Waals surface area contributed by atoms with E-state index in [0.717, 1.165) is 18.4 Å². The molecular formula is C19H28N2O4S. The van der Waals surface area contributed by atoms with E-state index in [1.54, 1.807) is 29.2 Å². The number of hydrogen-bond acceptors (Lipinski definition) is 4. The topological polar surface area (TPSA) is 83.6 Å². The number of piperidine rings is 1. The summed E-state index contributed by atoms with van der Waals surface area (Å²) in [5.41, 5.74) is 0.844. The third-order valence-electron chi connectivity index (χ3n) is 4.76. The number of carbonyl (C=O) groups is 2. The van der Waals surface area contributed by atoms with Gasteiger partial charge in [-0.15, -0.1) is 0 Å². The molecule has 0 unspecified atom stereocenters. The van der Waals surface area contributed by atoms with Gasteiger partial charge in [-0.3, -0.25) is 9.59 Å². The SMILES string of the molecule is CC(C)C(=O)N1CCC[C@@H](C(=O)N[C@@H](C)c2ccc(S(C)(=O)=O)cc2)C1. The van der Waals surface area contributed by atoms with Crippen LogP contribution in [-0.2, 0) is 19.4 Å². The molecule has 1 heterocycles. The van der Waals surface area contributed by atoms with Crippen LogP contribution in [0, 0.1) is 11.8 Å². The van der Waals surface area contributed by atoms with Crippen molar-refractivity contribution in [2.24, 2.45) is 11.8 Å². The van der Waals surface area contributed by atoms with Gasteiger partial charge >= 0.3 is 0 Å². The summed E-state index contributed by atoms with van der Waals surface area (Å²) >= 11 is 0. The van der Waals surface area contributed by atoms with Crippen molar-refractivity contribution in [3.8, 4) is 0 Å². The molecule has 1 N–H and O–H groups in total. The molecule has 1 aliphatic heterocycles. The summed E-state index contributed by atoms with van der Waals surface area (Å²) in [4.78, 5) is 26.8. The van der Waals surface area contributed by atoms with Crippen LogP contribution in [0.3, 0.4) is 0 Å². The van der Waals surface area contributed by atoms with Crippen molar-refractivity contribution in [1.82, 2.24) is 10.2 Å². The van der Waals surface area contributed by atoms with Gasteiger partial charge in [-0.1, -0.05) is 26.0 Å². The Balaban J connectivity index is 1.99. The number of nitrogens with one attached hydrogen (secondary N) is 1. The molecule has 0 aliphatic carbocycles. The van der Waals surface area contributed by atoms with Gasteiger partial charge < -0.3 is 10.2 Å². The van der Waals surface area contributed by atoms with Crippen LogP contribution in [0.2, 0.25) is 0 Å². The molecule has 0 bridgehead atoms. The lowest BCUT2D eigenvalue weighted by Gasteiger charge is -2.33. The highest BCUT2D eigenvalue weighted by Gasteiger charge is 2.29. The highest BCUT2D eigenvalue weighted by atomic mass is 32.2. The number of nitrogens with zero attached hydrogens (tertiary/aromatic N) is 1. The zero-order valence-electron chi connectivity index (χ0n) is 15.9. The minimum absolute atomic E-state index is 0.0639. The molecule has 2 rings (SSSR count). The fraction of sp³-hybridized carbons (Fsp3) is 0.579. The number of likely N-dealkylation sites (tertiary alicyclic amines) is 1. The van der Waals surface area contributed by atoms with E-state index in [4.69, 9.17) is 0 Å². The Morgan fingerprint density at radius 3 is 2.31 bits per heavy atom. The average molecular weight is 381 g/mol. The first-order chi connectivity index (χ1) is 12.1. The van der Waals surface area contributed by atoms with Crippen LogP contribution >= 0.6 is 0 Å². The van der Waals surface area contributed by atoms with Crippen LogP contribution in [0.15, 0.2) is 29.2 Å². The van der Waals surface area contributed by atoms with Crippen LogP contribution in [0.25, 0.3) is 0 Å². The highest BCUT2D eigenvalue weighted by Crippen LogP contribution is 2.21. The van der Waals surface area contributed by atoms with Crippen molar-refractivity contribution in [1.29, 1.82) is 0 Å². The molecule has 1 aromatic rings. The Morgan fingerprint density at radius 1 is 1.15 bits per heavy atom. The lowest BCUT2D eigenvalue weighted by molar-refractivity contribution is -0.138. The number of hydrogen-bond donors (Lipinski definition) is 1. The third kappa shape index (κ3) is 5.06. The maximum atomic E-state index is 12.6. The summed E-state index contributed by atoms with van der Waals surface area (Å²) in [7, 11) is -3.23. The zero-order valence-corrected chi connectivity index (χ0v) is 16.7. The monoisotopic (exact) mass is 380 g/mol. The number of amides is 2. The summed E-state index contributed by atoms with van der Waals surface area (Å²) in [6, 6.07) is 6.31. The zero-order chi connectivity index (χ0) is 19.5. The van der Waals surface area contributed by atoms with Gasteiger partial charge in [0.15, 0.2) is 9.84 Å². The van der Waals surface area contributed by atoms with Crippen LogP contribution in [0.4, 0.5) is 0 Å². The van der Waals surface area contributed by atoms with Crippen molar-refractivity contribution in [2.75, 3.05) is 19.3 Å². The maximum Gasteiger partial charge on any atom is 0.225 e. The fourth-order valence-corrected chi connectivity index (χ4v) is 3.81. The number of rotatable bonds is 5. The molecule has 0 saturated carbocycles. The quantitative estimate of drug-likeness (QED) is 0.848. The van der Waals surface area contributed by atoms with Gasteiger partial charge in [0.05, 0.1) is 16.9 Å². The Morgan fingerprint density at radius 2 is 1.77 bits per heavy atom. The highest BCUT2D eigenvalue weighted by molar-refractivity contribution is 7.90. The van der Waals surface area contributed by atoms with Gasteiger partial charge in [0.1, 0.15) is 0 Å². The Bertz CT molecular complexity index is 756. The lowest BCUT2D eigenvalue weighted by atomic mass is 9.95. The van der Waals surface area contributed by atoms with Gasteiger partial charge in [-0.05, 0) is 37.5 Å². The van der Waals surface area contributed by atoms with E-state index in [1.807, 2.05) is 20.8 Å². The molecular weight excluding hydrogens is 352 g/mol. The first-order valence-corrected chi connectivity index (χ1v) is 10.9. The minimum atomic E-state index is -3.23. The molecule has 0 aromatic heterocycles. The van der Waals surface area contributed by atoms with Crippen molar-refractivity contribution in [3.05, 3.63) is 29.8 Å². The van der Waals surface area contributed by atoms with Crippen LogP contribution < -0.4 is 5.32 Å². The van der Waals surface area contributed by atoms with Crippen LogP contribution in [0.1, 0.15) is 45.2 Å². The summed E-state index contributed by atoms with van der Waals surface area (Å²) in [6.07, 6.45) is 2.77. The number of sulfone groups is 1. The third-order valence-corrected chi connectivity index (χ3v) is 5.89. The standard InChI is InChI=1S/C19H28N2O4S/c1-13(2)19(23)21-11-5-6-16(12-21)18(22)20-14(3)15-7-9-17(10-8-15)26(4,24)25/h7-10,13-14,16H,5-6,11-12H2,1-4H3,(H,20,22)/t14-,16+/m0/s1. The molecule has 6 nitrogen and oxygen atoms in total. The average Bonchev–Trinajstić information content (AvgIpc) is 2.60. The predicted octanol–water partition coefficient (Wildman–Crippen LogP) is 2.16. The minimum Gasteiger partial charge on any atom is -0.349 e. The van der Waals surface area contributed by atoms with E-state index in [0.29, 0.717) is 13.1 Å². The van der Waals surface area contributed by atoms with E-state index >= 15 is 0 Å². The van der Waals surface area contributed by atoms with Gasteiger partial charge in [-0.25, -0.2) is 8.42 Å². The summed E-state index contributed by atoms with van der Waals surface area (Å²) in [5.74, 6) is -0.244. The molecule has 1 saturated heterocycles. The van der Waals surface area contributed by atoms with E-state index < -0.39 is 9.84 Å². The van der Waals surface area contributed by atoms with E-state index in [1.165, 1.54) is 6.26 Å². The van der Waals surface area contributed by atoms with Crippen molar-refractivity contribution in [3.63, 3.8) is 0 Å². The molecule has 1 aromatic carbocycles. The van der Waals surface area contributed by atoms with Gasteiger partial charge in [-0.2, -0.15) is 0 Å². The van der Waals surface area contributed by atoms with Gasteiger partial charge in [0.25, 0.3) is 0 Å². The number of carbonyl (C=O) groups excluding carboxylic acids is 2. The van der Waals surface area contributed by atoms with Crippen molar-refractivity contribution < 1.29 is 18.0 Å². The Labute approximate surface area is 155 Å². The second-order valence-electron chi connectivity index (χ2n) is 7.35. The molecule has 2 atom stereocenters. The molecule has 26 heavy (non-hydrogen) atoms. The van der Waals surface area contributed by atoms with E-state index in [2.05, 4.69) is 5.32 Å². The normalized spacial score (nSPS) is 19.3. The predicted molar refractivity (Wildman–Crippen MR) is 100 cm³/mol. The van der Waals surface area contributed by atoms with Crippen LogP contribution in [0.5, 0.6) is 0 Å². The Kier molecular flexibility index (Phi) is 6.44. The smallest absolute Gasteiger partial charge is 0.225 e. The molecule has 0 radical (unpaired) electrons. The first-order valence-electron chi connectivity index (χ1n) is 8.98. The van der Waals surface area contributed by atoms with E-state index in [9.17, 15) is 18.0 Å². The largest absolute Gasteiger partial charge is 0.349 e. The molecule has 2 amide bonds. The first kappa shape index (κ1) is 20.4. The molecule has 0 spiro atoms. The summed E-state index contributed by atoms with van der Waals surface area (Å²) in [5, 5.41) is 2.99. The lowest BCUT2D eigenvalue weighted by Crippen LogP contribution is -2.47. The van der Waals surface area contributed by atoms with Gasteiger partial charge in [0.2, 0.25) is 11.8 Å². The van der Waals surface area contributed by atoms with Crippen molar-refractivity contribution >= 4 is 21.7 Å². The second-order valence-corrected chi connectivity index (χ2v) is 9.37. The number of benzene rings is 1. The Hall–Kier alpha value is -1.89. The summed E-state index contributed by atoms with van der Waals surface area (Å²) < 4.78 is 23.1. The van der Waals surface area contributed by atoms with Crippen LogP contribution in [-0.4, -0.2) is 44.5 Å². The molecule has 144 valence electrons.